The first-order valence-corrected chi connectivity index (χ1v) is 10.2. The lowest BCUT2D eigenvalue weighted by molar-refractivity contribution is -0.307. The Hall–Kier alpha value is -2.30. The molecule has 0 aliphatic heterocycles. The van der Waals surface area contributed by atoms with E-state index in [1.807, 2.05) is 0 Å². The van der Waals surface area contributed by atoms with Crippen LogP contribution in [0, 0.1) is 5.82 Å². The number of carboxylic acids is 1. The van der Waals surface area contributed by atoms with Crippen LogP contribution in [0.5, 0.6) is 5.75 Å². The SMILES string of the molecule is CN([C@@H]1CCCc2c(OCC(=O)[O-])cccc21)[S+](O)c1cc(F)cc(C(F)(F)F)c1. The van der Waals surface area contributed by atoms with Crippen LogP contribution in [0.3, 0.4) is 0 Å². The number of fused-ring (bicyclic) bond motifs is 1. The predicted molar refractivity (Wildman–Crippen MR) is 100 cm³/mol. The molecule has 0 spiro atoms. The molecule has 1 N–H and O–H groups in total. The second kappa shape index (κ2) is 8.83. The number of rotatable bonds is 6. The van der Waals surface area contributed by atoms with Gasteiger partial charge in [-0.15, -0.1) is 0 Å². The molecule has 3 rings (SSSR count). The van der Waals surface area contributed by atoms with Crippen molar-refractivity contribution in [2.24, 2.45) is 0 Å². The number of nitrogens with zero attached hydrogens (tertiary/aromatic N) is 1. The molecular formula is C20H19F4NO4S. The monoisotopic (exact) mass is 445 g/mol. The van der Waals surface area contributed by atoms with Crippen LogP contribution in [0.25, 0.3) is 0 Å². The molecule has 0 fully saturated rings. The van der Waals surface area contributed by atoms with Crippen LogP contribution in [0.2, 0.25) is 0 Å². The van der Waals surface area contributed by atoms with Crippen LogP contribution in [0.1, 0.15) is 35.6 Å². The van der Waals surface area contributed by atoms with Crippen molar-refractivity contribution >= 4 is 17.3 Å². The van der Waals surface area contributed by atoms with Gasteiger partial charge in [0.15, 0.2) is 0 Å². The molecule has 2 aromatic carbocycles. The minimum atomic E-state index is -4.73. The molecule has 10 heteroatoms. The summed E-state index contributed by atoms with van der Waals surface area (Å²) in [6.45, 7) is -0.606. The third-order valence-electron chi connectivity index (χ3n) is 4.90. The fourth-order valence-corrected chi connectivity index (χ4v) is 4.80. The van der Waals surface area contributed by atoms with Gasteiger partial charge in [0.25, 0.3) is 11.4 Å². The first-order valence-electron chi connectivity index (χ1n) is 9.06. The Morgan fingerprint density at radius 1 is 1.33 bits per heavy atom. The highest BCUT2D eigenvalue weighted by molar-refractivity contribution is 7.89. The maximum atomic E-state index is 13.8. The Balaban J connectivity index is 1.90. The molecule has 162 valence electrons. The van der Waals surface area contributed by atoms with Crippen molar-refractivity contribution in [1.29, 1.82) is 0 Å². The normalized spacial score (nSPS) is 17.5. The topological polar surface area (TPSA) is 72.8 Å². The Bertz CT molecular complexity index is 938. The third kappa shape index (κ3) is 4.88. The minimum absolute atomic E-state index is 0.179. The van der Waals surface area contributed by atoms with Gasteiger partial charge in [-0.1, -0.05) is 16.4 Å². The van der Waals surface area contributed by atoms with Gasteiger partial charge in [-0.2, -0.15) is 17.7 Å². The summed E-state index contributed by atoms with van der Waals surface area (Å²) in [7, 11) is 1.55. The van der Waals surface area contributed by atoms with Crippen LogP contribution < -0.4 is 9.84 Å². The highest BCUT2D eigenvalue weighted by Gasteiger charge is 2.40. The Labute approximate surface area is 173 Å². The number of carboxylic acid groups (broad SMARTS) is 1. The summed E-state index contributed by atoms with van der Waals surface area (Å²) in [5.41, 5.74) is 0.382. The quantitative estimate of drug-likeness (QED) is 0.546. The fraction of sp³-hybridized carbons (Fsp3) is 0.350. The molecule has 0 heterocycles. The standard InChI is InChI=1S/C20H19F4NO4S/c1-25(30(28)14-9-12(20(22,23)24)8-13(21)10-14)17-6-2-5-16-15(17)4-3-7-18(16)29-11-19(26)27/h3-4,7-10,17,28H,2,5-6,11H2,1H3/t17-,30?/m1/s1. The van der Waals surface area contributed by atoms with E-state index in [1.165, 1.54) is 4.31 Å². The summed E-state index contributed by atoms with van der Waals surface area (Å²) in [6.07, 6.45) is -2.80. The van der Waals surface area contributed by atoms with Gasteiger partial charge in [0.2, 0.25) is 4.90 Å². The predicted octanol–water partition coefficient (Wildman–Crippen LogP) is 3.35. The molecule has 0 radical (unpaired) electrons. The number of hydrogen-bond donors (Lipinski definition) is 1. The molecule has 0 bridgehead atoms. The smallest absolute Gasteiger partial charge is 0.416 e. The lowest BCUT2D eigenvalue weighted by Crippen LogP contribution is -2.34. The van der Waals surface area contributed by atoms with Gasteiger partial charge in [0, 0.05) is 19.2 Å². The van der Waals surface area contributed by atoms with Crippen molar-refractivity contribution in [3.63, 3.8) is 0 Å². The molecule has 1 unspecified atom stereocenters. The Kier molecular flexibility index (Phi) is 6.59. The van der Waals surface area contributed by atoms with E-state index in [1.54, 1.807) is 25.2 Å². The van der Waals surface area contributed by atoms with Crippen LogP contribution in [-0.4, -0.2) is 28.5 Å². The van der Waals surface area contributed by atoms with Gasteiger partial charge >= 0.3 is 6.18 Å². The second-order valence-corrected chi connectivity index (χ2v) is 8.45. The largest absolute Gasteiger partial charge is 0.546 e. The van der Waals surface area contributed by atoms with Crippen LogP contribution in [0.15, 0.2) is 41.3 Å². The molecule has 2 atom stereocenters. The molecule has 5 nitrogen and oxygen atoms in total. The lowest BCUT2D eigenvalue weighted by atomic mass is 9.87. The fourth-order valence-electron chi connectivity index (χ4n) is 3.56. The molecule has 1 aliphatic carbocycles. The van der Waals surface area contributed by atoms with E-state index in [4.69, 9.17) is 4.74 Å². The number of carbonyl (C=O) groups excluding carboxylic acids is 1. The van der Waals surface area contributed by atoms with Gasteiger partial charge in [-0.25, -0.2) is 4.39 Å². The van der Waals surface area contributed by atoms with Gasteiger partial charge in [-0.05, 0) is 42.5 Å². The molecule has 0 aromatic heterocycles. The molecule has 30 heavy (non-hydrogen) atoms. The summed E-state index contributed by atoms with van der Waals surface area (Å²) in [5.74, 6) is -2.06. The summed E-state index contributed by atoms with van der Waals surface area (Å²) in [6, 6.07) is 6.75. The van der Waals surface area contributed by atoms with Crippen molar-refractivity contribution in [3.05, 3.63) is 58.9 Å². The van der Waals surface area contributed by atoms with Crippen molar-refractivity contribution in [2.45, 2.75) is 36.4 Å². The summed E-state index contributed by atoms with van der Waals surface area (Å²) in [5, 5.41) is 10.7. The van der Waals surface area contributed by atoms with E-state index in [0.717, 1.165) is 23.3 Å². The number of halogens is 4. The molecule has 0 saturated carbocycles. The highest BCUT2D eigenvalue weighted by Crippen LogP contribution is 2.40. The number of hydrogen-bond acceptors (Lipinski definition) is 5. The molecule has 0 amide bonds. The molecule has 0 saturated heterocycles. The first-order chi connectivity index (χ1) is 14.1. The van der Waals surface area contributed by atoms with Crippen molar-refractivity contribution < 1.29 is 36.8 Å². The van der Waals surface area contributed by atoms with Crippen molar-refractivity contribution in [3.8, 4) is 5.75 Å². The van der Waals surface area contributed by atoms with Crippen LogP contribution in [-0.2, 0) is 28.8 Å². The second-order valence-electron chi connectivity index (χ2n) is 6.88. The Morgan fingerprint density at radius 3 is 2.73 bits per heavy atom. The summed E-state index contributed by atoms with van der Waals surface area (Å²) < 4.78 is 70.3. The summed E-state index contributed by atoms with van der Waals surface area (Å²) >= 11 is -1.81. The van der Waals surface area contributed by atoms with Crippen molar-refractivity contribution in [1.82, 2.24) is 4.31 Å². The van der Waals surface area contributed by atoms with E-state index < -0.39 is 41.5 Å². The van der Waals surface area contributed by atoms with E-state index in [-0.39, 0.29) is 10.9 Å². The van der Waals surface area contributed by atoms with E-state index >= 15 is 0 Å². The van der Waals surface area contributed by atoms with E-state index in [2.05, 4.69) is 0 Å². The lowest BCUT2D eigenvalue weighted by Gasteiger charge is -2.30. The zero-order valence-electron chi connectivity index (χ0n) is 15.9. The number of alkyl halides is 3. The van der Waals surface area contributed by atoms with Gasteiger partial charge < -0.3 is 14.6 Å². The highest BCUT2D eigenvalue weighted by atomic mass is 32.2. The zero-order valence-corrected chi connectivity index (χ0v) is 16.7. The zero-order chi connectivity index (χ0) is 22.1. The average molecular weight is 445 g/mol. The summed E-state index contributed by atoms with van der Waals surface area (Å²) in [4.78, 5) is 10.5. The van der Waals surface area contributed by atoms with E-state index in [0.29, 0.717) is 31.1 Å². The van der Waals surface area contributed by atoms with Gasteiger partial charge in [0.1, 0.15) is 18.2 Å². The first kappa shape index (κ1) is 22.4. The number of ether oxygens (including phenoxy) is 1. The van der Waals surface area contributed by atoms with E-state index in [9.17, 15) is 32.0 Å². The van der Waals surface area contributed by atoms with Gasteiger partial charge in [-0.3, -0.25) is 0 Å². The Morgan fingerprint density at radius 2 is 2.07 bits per heavy atom. The average Bonchev–Trinajstić information content (AvgIpc) is 2.69. The number of aliphatic carboxylic acids is 1. The van der Waals surface area contributed by atoms with Crippen LogP contribution >= 0.6 is 0 Å². The number of carbonyl (C=O) groups is 1. The maximum absolute atomic E-state index is 13.8. The molecular weight excluding hydrogens is 426 g/mol. The number of benzene rings is 2. The molecule has 1 aliphatic rings. The van der Waals surface area contributed by atoms with Crippen molar-refractivity contribution in [2.75, 3.05) is 13.7 Å². The third-order valence-corrected chi connectivity index (χ3v) is 6.36. The minimum Gasteiger partial charge on any atom is -0.546 e. The maximum Gasteiger partial charge on any atom is 0.416 e. The molecule has 2 aromatic rings. The van der Waals surface area contributed by atoms with Gasteiger partial charge in [0.05, 0.1) is 17.6 Å². The van der Waals surface area contributed by atoms with Crippen LogP contribution in [0.4, 0.5) is 17.6 Å².